The lowest BCUT2D eigenvalue weighted by Gasteiger charge is -2.31. The van der Waals surface area contributed by atoms with Crippen LogP contribution in [0.15, 0.2) is 53.6 Å². The third-order valence-electron chi connectivity index (χ3n) is 6.30. The minimum atomic E-state index is -0.345. The van der Waals surface area contributed by atoms with Crippen molar-refractivity contribution in [2.75, 3.05) is 26.2 Å². The predicted molar refractivity (Wildman–Crippen MR) is 158 cm³/mol. The van der Waals surface area contributed by atoms with E-state index in [4.69, 9.17) is 22.6 Å². The number of hydrogen-bond donors (Lipinski definition) is 4. The van der Waals surface area contributed by atoms with Gasteiger partial charge in [0, 0.05) is 24.6 Å². The normalized spacial score (nSPS) is 14.6. The Balaban J connectivity index is 0.000000408. The van der Waals surface area contributed by atoms with Crippen molar-refractivity contribution in [2.45, 2.75) is 58.8 Å². The number of carbonyl (C=O) groups is 2. The second-order valence-electron chi connectivity index (χ2n) is 9.20. The topological polar surface area (TPSA) is 164 Å². The molecule has 1 saturated heterocycles. The van der Waals surface area contributed by atoms with Crippen molar-refractivity contribution in [2.24, 2.45) is 28.3 Å². The van der Waals surface area contributed by atoms with Crippen LogP contribution in [0.3, 0.4) is 0 Å². The van der Waals surface area contributed by atoms with Crippen molar-refractivity contribution >= 4 is 17.6 Å². The Morgan fingerprint density at radius 3 is 2.05 bits per heavy atom. The molecule has 1 heterocycles. The summed E-state index contributed by atoms with van der Waals surface area (Å²) in [5, 5.41) is 14.8. The highest BCUT2D eigenvalue weighted by Crippen LogP contribution is 2.39. The van der Waals surface area contributed by atoms with E-state index in [1.807, 2.05) is 32.0 Å². The highest BCUT2D eigenvalue weighted by molar-refractivity contribution is 5.96. The smallest absolute Gasteiger partial charge is 0.251 e. The van der Waals surface area contributed by atoms with Crippen LogP contribution in [-0.4, -0.2) is 48.7 Å². The number of amidine groups is 1. The van der Waals surface area contributed by atoms with E-state index in [1.165, 1.54) is 30.5 Å². The second kappa shape index (κ2) is 19.1. The zero-order chi connectivity index (χ0) is 29.9. The zero-order valence-corrected chi connectivity index (χ0v) is 23.9. The van der Waals surface area contributed by atoms with Gasteiger partial charge in [0.2, 0.25) is 5.91 Å². The van der Waals surface area contributed by atoms with Crippen LogP contribution < -0.4 is 22.6 Å². The summed E-state index contributed by atoms with van der Waals surface area (Å²) in [6.07, 6.45) is 5.08. The molecule has 2 aromatic rings. The van der Waals surface area contributed by atoms with Crippen molar-refractivity contribution < 1.29 is 14.0 Å². The van der Waals surface area contributed by atoms with E-state index < -0.39 is 0 Å². The summed E-state index contributed by atoms with van der Waals surface area (Å²) in [7, 11) is 0. The van der Waals surface area contributed by atoms with Crippen LogP contribution in [0.25, 0.3) is 0 Å². The fourth-order valence-corrected chi connectivity index (χ4v) is 3.75. The van der Waals surface area contributed by atoms with Crippen molar-refractivity contribution in [3.63, 3.8) is 0 Å². The molecular formula is C30H44FN7O2. The van der Waals surface area contributed by atoms with E-state index in [1.54, 1.807) is 29.2 Å². The summed E-state index contributed by atoms with van der Waals surface area (Å²) in [6.45, 7) is 7.93. The molecule has 2 aliphatic rings. The Kier molecular flexibility index (Phi) is 16.3. The minimum absolute atomic E-state index is 0.0655. The summed E-state index contributed by atoms with van der Waals surface area (Å²) < 4.78 is 12.4. The van der Waals surface area contributed by atoms with Crippen LogP contribution in [0.2, 0.25) is 0 Å². The molecule has 0 spiro atoms. The van der Waals surface area contributed by atoms with Gasteiger partial charge in [0.25, 0.3) is 5.91 Å². The van der Waals surface area contributed by atoms with Gasteiger partial charge in [0.15, 0.2) is 0 Å². The second-order valence-corrected chi connectivity index (χ2v) is 9.20. The maximum atomic E-state index is 12.4. The van der Waals surface area contributed by atoms with Gasteiger partial charge in [0.1, 0.15) is 11.7 Å². The van der Waals surface area contributed by atoms with Gasteiger partial charge in [-0.05, 0) is 86.5 Å². The highest BCUT2D eigenvalue weighted by atomic mass is 19.1. The number of carbonyl (C=O) groups excluding carboxylic acids is 2. The van der Waals surface area contributed by atoms with Gasteiger partial charge in [0.05, 0.1) is 18.2 Å². The van der Waals surface area contributed by atoms with E-state index in [2.05, 4.69) is 17.3 Å². The van der Waals surface area contributed by atoms with Crippen LogP contribution >= 0.6 is 0 Å². The van der Waals surface area contributed by atoms with Gasteiger partial charge in [-0.25, -0.2) is 4.39 Å². The van der Waals surface area contributed by atoms with Crippen LogP contribution in [0.1, 0.15) is 80.3 Å². The van der Waals surface area contributed by atoms with Gasteiger partial charge < -0.3 is 27.5 Å². The molecule has 10 heteroatoms. The zero-order valence-electron chi connectivity index (χ0n) is 23.9. The number of amides is 2. The Morgan fingerprint density at radius 1 is 1.05 bits per heavy atom. The molecule has 2 aromatic carbocycles. The molecule has 1 aliphatic heterocycles. The molecule has 2 fully saturated rings. The largest absolute Gasteiger partial charge is 0.385 e. The molecule has 218 valence electrons. The highest BCUT2D eigenvalue weighted by Gasteiger charge is 2.25. The quantitative estimate of drug-likeness (QED) is 0.184. The summed E-state index contributed by atoms with van der Waals surface area (Å²) in [5.74, 6) is 5.80. The van der Waals surface area contributed by atoms with E-state index in [0.717, 1.165) is 18.9 Å². The summed E-state index contributed by atoms with van der Waals surface area (Å²) in [5.41, 5.74) is 12.9. The fraction of sp³-hybridized carbons (Fsp3) is 0.467. The molecule has 4 rings (SSSR count). The number of hydrogen-bond acceptors (Lipinski definition) is 6. The minimum Gasteiger partial charge on any atom is -0.385 e. The summed E-state index contributed by atoms with van der Waals surface area (Å²) in [6, 6.07) is 15.0. The Labute approximate surface area is 237 Å². The lowest BCUT2D eigenvalue weighted by molar-refractivity contribution is -0.131. The van der Waals surface area contributed by atoms with E-state index >= 15 is 0 Å². The Bertz CT molecular complexity index is 1080. The standard InChI is InChI=1S/C16H20N6O2.C9H9F.C3H9N.C2H6/c17-9-11-1-3-13(4-2-11)16(24)20-10-14(23)22-7-5-12(6-8-22)15(18)21-19;10-9-5-3-8(4-6-9)7-1-2-7;1-2-3-4;1-2/h1-4,12H,5-8,10,19H2,(H2,18,21)(H,20,24);3-7H,1-2H2;2-4H2,1H3;1-2H3. The molecule has 0 bridgehead atoms. The number of nitrogens with two attached hydrogens (primary N) is 3. The lowest BCUT2D eigenvalue weighted by atomic mass is 9.96. The van der Waals surface area contributed by atoms with E-state index in [-0.39, 0.29) is 30.1 Å². The van der Waals surface area contributed by atoms with E-state index in [9.17, 15) is 14.0 Å². The van der Waals surface area contributed by atoms with Crippen molar-refractivity contribution in [3.8, 4) is 6.07 Å². The number of halogens is 1. The number of hydrazone groups is 1. The number of nitrogens with one attached hydrogen (secondary N) is 1. The third kappa shape index (κ3) is 12.3. The van der Waals surface area contributed by atoms with Crippen LogP contribution in [-0.2, 0) is 4.79 Å². The first-order valence-electron chi connectivity index (χ1n) is 13.9. The third-order valence-corrected chi connectivity index (χ3v) is 6.30. The molecule has 1 aliphatic carbocycles. The van der Waals surface area contributed by atoms with Crippen LogP contribution in [0, 0.1) is 23.1 Å². The van der Waals surface area contributed by atoms with Crippen molar-refractivity contribution in [3.05, 3.63) is 71.0 Å². The molecule has 0 aromatic heterocycles. The molecule has 9 nitrogen and oxygen atoms in total. The van der Waals surface area contributed by atoms with Gasteiger partial charge in [-0.1, -0.05) is 32.9 Å². The first-order valence-corrected chi connectivity index (χ1v) is 13.9. The van der Waals surface area contributed by atoms with Gasteiger partial charge in [-0.15, -0.1) is 0 Å². The number of nitrogens with zero attached hydrogens (tertiary/aromatic N) is 3. The number of nitriles is 1. The number of likely N-dealkylation sites (tertiary alicyclic amines) is 1. The van der Waals surface area contributed by atoms with Crippen molar-refractivity contribution in [1.82, 2.24) is 10.2 Å². The molecule has 0 atom stereocenters. The number of rotatable bonds is 6. The number of benzene rings is 2. The van der Waals surface area contributed by atoms with Crippen LogP contribution in [0.4, 0.5) is 4.39 Å². The molecular weight excluding hydrogens is 509 g/mol. The number of piperidine rings is 1. The maximum absolute atomic E-state index is 12.4. The first-order chi connectivity index (χ1) is 19.3. The van der Waals surface area contributed by atoms with E-state index in [0.29, 0.717) is 42.9 Å². The summed E-state index contributed by atoms with van der Waals surface area (Å²) >= 11 is 0. The molecule has 1 saturated carbocycles. The van der Waals surface area contributed by atoms with Gasteiger partial charge in [-0.2, -0.15) is 10.4 Å². The first kappa shape index (κ1) is 34.1. The molecule has 7 N–H and O–H groups in total. The average Bonchev–Trinajstić information content (AvgIpc) is 3.87. The molecule has 2 amide bonds. The van der Waals surface area contributed by atoms with Crippen LogP contribution in [0.5, 0.6) is 0 Å². The SMILES string of the molecule is CC.CCCN.Fc1ccc(C2CC2)cc1.N#Cc1ccc(C(=O)NCC(=O)N2CCC(/C(N)=N/N)CC2)cc1. The summed E-state index contributed by atoms with van der Waals surface area (Å²) in [4.78, 5) is 25.9. The fourth-order valence-electron chi connectivity index (χ4n) is 3.75. The Hall–Kier alpha value is -3.97. The van der Waals surface area contributed by atoms with Gasteiger partial charge >= 0.3 is 0 Å². The average molecular weight is 554 g/mol. The monoisotopic (exact) mass is 553 g/mol. The molecule has 0 unspecified atom stereocenters. The maximum Gasteiger partial charge on any atom is 0.251 e. The Morgan fingerprint density at radius 2 is 1.60 bits per heavy atom. The lowest BCUT2D eigenvalue weighted by Crippen LogP contribution is -2.46. The molecule has 0 radical (unpaired) electrons. The van der Waals surface area contributed by atoms with Gasteiger partial charge in [-0.3, -0.25) is 9.59 Å². The molecule has 40 heavy (non-hydrogen) atoms. The van der Waals surface area contributed by atoms with Crippen molar-refractivity contribution in [1.29, 1.82) is 5.26 Å². The predicted octanol–water partition coefficient (Wildman–Crippen LogP) is 3.84.